The molecule has 0 saturated heterocycles. The number of rotatable bonds is 2. The molecule has 1 rings (SSSR count). The molecule has 0 spiro atoms. The molecule has 0 saturated carbocycles. The molecule has 0 fully saturated rings. The lowest BCUT2D eigenvalue weighted by molar-refractivity contribution is -0.138. The monoisotopic (exact) mass is 278 g/mol. The molecule has 0 unspecified atom stereocenters. The summed E-state index contributed by atoms with van der Waals surface area (Å²) in [5.41, 5.74) is -0.822. The largest absolute Gasteiger partial charge is 0.416 e. The van der Waals surface area contributed by atoms with Crippen molar-refractivity contribution in [3.05, 3.63) is 29.3 Å². The third kappa shape index (κ3) is 5.69. The Balaban J connectivity index is 0.000000711. The second kappa shape index (κ2) is 7.07. The number of carbonyl (C=O) groups excluding carboxylic acids is 1. The molecule has 108 valence electrons. The molecule has 4 N–H and O–H groups in total. The van der Waals surface area contributed by atoms with E-state index < -0.39 is 11.7 Å². The Labute approximate surface area is 109 Å². The first-order chi connectivity index (χ1) is 8.61. The van der Waals surface area contributed by atoms with E-state index in [9.17, 15) is 18.0 Å². The minimum absolute atomic E-state index is 0.0415. The van der Waals surface area contributed by atoms with Gasteiger partial charge in [-0.2, -0.15) is 13.2 Å². The van der Waals surface area contributed by atoms with E-state index in [2.05, 4.69) is 0 Å². The third-order valence-corrected chi connectivity index (χ3v) is 2.00. The maximum Gasteiger partial charge on any atom is 0.416 e. The summed E-state index contributed by atoms with van der Waals surface area (Å²) in [5, 5.41) is 2.12. The second-order valence-corrected chi connectivity index (χ2v) is 3.92. The molecule has 0 aliphatic rings. The van der Waals surface area contributed by atoms with Gasteiger partial charge in [0.25, 0.3) is 0 Å². The highest BCUT2D eigenvalue weighted by molar-refractivity contribution is 5.75. The van der Waals surface area contributed by atoms with Crippen molar-refractivity contribution in [3.63, 3.8) is 0 Å². The normalized spacial score (nSPS) is 10.8. The average Bonchev–Trinajstić information content (AvgIpc) is 2.26. The Morgan fingerprint density at radius 1 is 1.21 bits per heavy atom. The van der Waals surface area contributed by atoms with Crippen molar-refractivity contribution in [3.8, 4) is 0 Å². The molecule has 0 heterocycles. The predicted molar refractivity (Wildman–Crippen MR) is 66.8 cm³/mol. The van der Waals surface area contributed by atoms with Crippen molar-refractivity contribution in [2.75, 3.05) is 19.1 Å². The van der Waals surface area contributed by atoms with E-state index >= 15 is 0 Å². The second-order valence-electron chi connectivity index (χ2n) is 3.92. The van der Waals surface area contributed by atoms with Crippen molar-refractivity contribution < 1.29 is 18.0 Å². The lowest BCUT2D eigenvalue weighted by Crippen LogP contribution is -2.30. The van der Waals surface area contributed by atoms with Gasteiger partial charge in [0.05, 0.1) is 11.3 Å². The van der Waals surface area contributed by atoms with Gasteiger partial charge in [0.2, 0.25) is 6.41 Å². The number of benzene rings is 1. The number of alkyl halides is 3. The lowest BCUT2D eigenvalue weighted by atomic mass is 10.1. The highest BCUT2D eigenvalue weighted by Crippen LogP contribution is 2.34. The van der Waals surface area contributed by atoms with Gasteiger partial charge in [-0.05, 0) is 24.6 Å². The number of amides is 1. The van der Waals surface area contributed by atoms with E-state index in [4.69, 9.17) is 11.7 Å². The van der Waals surface area contributed by atoms with Crippen LogP contribution in [0.2, 0.25) is 0 Å². The SMILES string of the molecule is CN(C)N.Cc1c(N(N)C=O)cccc1C(F)(F)F. The molecule has 0 bridgehead atoms. The molecule has 0 atom stereocenters. The van der Waals surface area contributed by atoms with Crippen LogP contribution in [0.15, 0.2) is 18.2 Å². The molecule has 19 heavy (non-hydrogen) atoms. The van der Waals surface area contributed by atoms with Crippen LogP contribution in [-0.2, 0) is 11.0 Å². The van der Waals surface area contributed by atoms with Gasteiger partial charge in [0, 0.05) is 14.1 Å². The van der Waals surface area contributed by atoms with Gasteiger partial charge >= 0.3 is 6.18 Å². The van der Waals surface area contributed by atoms with Crippen LogP contribution in [0.3, 0.4) is 0 Å². The van der Waals surface area contributed by atoms with E-state index in [1.165, 1.54) is 24.1 Å². The summed E-state index contributed by atoms with van der Waals surface area (Å²) in [6.07, 6.45) is -4.19. The van der Waals surface area contributed by atoms with Crippen molar-refractivity contribution in [1.82, 2.24) is 5.01 Å². The van der Waals surface area contributed by atoms with Crippen LogP contribution in [-0.4, -0.2) is 25.5 Å². The van der Waals surface area contributed by atoms with Gasteiger partial charge in [-0.1, -0.05) is 6.07 Å². The minimum Gasteiger partial charge on any atom is -0.277 e. The number of halogens is 3. The average molecular weight is 278 g/mol. The first-order valence-corrected chi connectivity index (χ1v) is 5.19. The highest BCUT2D eigenvalue weighted by Gasteiger charge is 2.33. The number of nitrogens with two attached hydrogens (primary N) is 2. The molecule has 0 aromatic heterocycles. The molecule has 0 aliphatic carbocycles. The number of nitrogens with zero attached hydrogens (tertiary/aromatic N) is 2. The van der Waals surface area contributed by atoms with Gasteiger partial charge in [-0.15, -0.1) is 0 Å². The molecule has 8 heteroatoms. The Morgan fingerprint density at radius 3 is 2.05 bits per heavy atom. The molecule has 5 nitrogen and oxygen atoms in total. The Bertz CT molecular complexity index is 418. The molecular weight excluding hydrogens is 261 g/mol. The van der Waals surface area contributed by atoms with Crippen LogP contribution in [0.25, 0.3) is 0 Å². The van der Waals surface area contributed by atoms with Gasteiger partial charge in [-0.3, -0.25) is 20.7 Å². The Kier molecular flexibility index (Phi) is 6.46. The van der Waals surface area contributed by atoms with E-state index in [1.807, 2.05) is 0 Å². The fourth-order valence-corrected chi connectivity index (χ4v) is 1.27. The van der Waals surface area contributed by atoms with E-state index in [-0.39, 0.29) is 17.7 Å². The molecular formula is C11H17F3N4O. The number of hydrazine groups is 2. The Morgan fingerprint density at radius 2 is 1.68 bits per heavy atom. The molecule has 1 aromatic carbocycles. The van der Waals surface area contributed by atoms with Crippen LogP contribution in [0.5, 0.6) is 0 Å². The summed E-state index contributed by atoms with van der Waals surface area (Å²) in [6.45, 7) is 1.27. The number of carbonyl (C=O) groups is 1. The van der Waals surface area contributed by atoms with Crippen LogP contribution in [0.1, 0.15) is 11.1 Å². The van der Waals surface area contributed by atoms with Gasteiger partial charge in [0.15, 0.2) is 0 Å². The summed E-state index contributed by atoms with van der Waals surface area (Å²) in [4.78, 5) is 10.3. The zero-order valence-electron chi connectivity index (χ0n) is 10.9. The summed E-state index contributed by atoms with van der Waals surface area (Å²) < 4.78 is 37.3. The molecule has 0 aliphatic heterocycles. The molecule has 1 aromatic rings. The van der Waals surface area contributed by atoms with Gasteiger partial charge in [-0.25, -0.2) is 5.84 Å². The van der Waals surface area contributed by atoms with E-state index in [0.29, 0.717) is 5.01 Å². The fourth-order valence-electron chi connectivity index (χ4n) is 1.27. The number of anilines is 1. The summed E-state index contributed by atoms with van der Waals surface area (Å²) in [6, 6.07) is 3.49. The van der Waals surface area contributed by atoms with Crippen molar-refractivity contribution in [2.24, 2.45) is 11.7 Å². The van der Waals surface area contributed by atoms with E-state index in [1.54, 1.807) is 14.1 Å². The topological polar surface area (TPSA) is 75.6 Å². The fraction of sp³-hybridized carbons (Fsp3) is 0.364. The van der Waals surface area contributed by atoms with Crippen molar-refractivity contribution in [1.29, 1.82) is 0 Å². The minimum atomic E-state index is -4.44. The van der Waals surface area contributed by atoms with Gasteiger partial charge in [0.1, 0.15) is 0 Å². The first-order valence-electron chi connectivity index (χ1n) is 5.19. The quantitative estimate of drug-likeness (QED) is 0.370. The molecule has 0 radical (unpaired) electrons. The van der Waals surface area contributed by atoms with Crippen LogP contribution >= 0.6 is 0 Å². The zero-order valence-corrected chi connectivity index (χ0v) is 10.9. The lowest BCUT2D eigenvalue weighted by Gasteiger charge is -2.17. The summed E-state index contributed by atoms with van der Waals surface area (Å²) in [7, 11) is 3.56. The number of hydrogen-bond donors (Lipinski definition) is 2. The Hall–Kier alpha value is -1.64. The maximum absolute atomic E-state index is 12.4. The first kappa shape index (κ1) is 17.4. The van der Waals surface area contributed by atoms with Crippen LogP contribution < -0.4 is 16.7 Å². The van der Waals surface area contributed by atoms with E-state index in [0.717, 1.165) is 6.07 Å². The van der Waals surface area contributed by atoms with Crippen molar-refractivity contribution in [2.45, 2.75) is 13.1 Å². The highest BCUT2D eigenvalue weighted by atomic mass is 19.4. The van der Waals surface area contributed by atoms with Crippen LogP contribution in [0.4, 0.5) is 18.9 Å². The third-order valence-electron chi connectivity index (χ3n) is 2.00. The standard InChI is InChI=1S/C9H9F3N2O.C2H8N2/c1-6-7(9(10,11)12)3-2-4-8(6)14(13)5-15;1-4(2)3/h2-5H,13H2,1H3;3H2,1-2H3. The maximum atomic E-state index is 12.4. The van der Waals surface area contributed by atoms with Crippen LogP contribution in [0, 0.1) is 6.92 Å². The smallest absolute Gasteiger partial charge is 0.277 e. The zero-order chi connectivity index (χ0) is 15.2. The summed E-state index contributed by atoms with van der Waals surface area (Å²) in [5.74, 6) is 10.1. The van der Waals surface area contributed by atoms with Gasteiger partial charge < -0.3 is 0 Å². The number of hydrogen-bond acceptors (Lipinski definition) is 4. The van der Waals surface area contributed by atoms with Crippen molar-refractivity contribution >= 4 is 12.1 Å². The summed E-state index contributed by atoms with van der Waals surface area (Å²) >= 11 is 0. The molecule has 1 amide bonds. The predicted octanol–water partition coefficient (Wildman–Crippen LogP) is 1.27.